The smallest absolute Gasteiger partial charge is 0.274 e. The molecule has 2 aromatic heterocycles. The number of aryl methyl sites for hydroxylation is 2. The van der Waals surface area contributed by atoms with E-state index in [1.807, 2.05) is 0 Å². The summed E-state index contributed by atoms with van der Waals surface area (Å²) in [7, 11) is 1.51. The van der Waals surface area contributed by atoms with Gasteiger partial charge in [-0.05, 0) is 32.0 Å². The van der Waals surface area contributed by atoms with Crippen LogP contribution in [-0.4, -0.2) is 28.1 Å². The van der Waals surface area contributed by atoms with Crippen LogP contribution >= 0.6 is 11.6 Å². The molecule has 0 atom stereocenters. The Morgan fingerprint density at radius 3 is 2.65 bits per heavy atom. The summed E-state index contributed by atoms with van der Waals surface area (Å²) in [5, 5.41) is 10.0. The van der Waals surface area contributed by atoms with Gasteiger partial charge in [0.25, 0.3) is 5.91 Å². The molecule has 134 valence electrons. The van der Waals surface area contributed by atoms with Gasteiger partial charge in [0.15, 0.2) is 5.82 Å². The zero-order chi connectivity index (χ0) is 18.7. The first-order valence-corrected chi connectivity index (χ1v) is 8.03. The van der Waals surface area contributed by atoms with Crippen LogP contribution in [0.3, 0.4) is 0 Å². The molecule has 3 rings (SSSR count). The number of anilines is 3. The third-order valence-electron chi connectivity index (χ3n) is 3.36. The zero-order valence-electron chi connectivity index (χ0n) is 14.3. The Morgan fingerprint density at radius 1 is 1.15 bits per heavy atom. The molecule has 1 amide bonds. The van der Waals surface area contributed by atoms with Crippen molar-refractivity contribution < 1.29 is 14.1 Å². The summed E-state index contributed by atoms with van der Waals surface area (Å²) in [6.07, 6.45) is 0. The lowest BCUT2D eigenvalue weighted by atomic mass is 10.2. The van der Waals surface area contributed by atoms with E-state index < -0.39 is 5.91 Å². The van der Waals surface area contributed by atoms with Crippen molar-refractivity contribution in [2.75, 3.05) is 17.7 Å². The number of carbonyl (C=O) groups excluding carboxylic acids is 1. The van der Waals surface area contributed by atoms with Crippen LogP contribution in [0, 0.1) is 13.8 Å². The molecule has 9 heteroatoms. The number of rotatable bonds is 5. The van der Waals surface area contributed by atoms with E-state index in [-0.39, 0.29) is 5.69 Å². The van der Waals surface area contributed by atoms with Crippen molar-refractivity contribution >= 4 is 34.8 Å². The molecule has 2 heterocycles. The fourth-order valence-electron chi connectivity index (χ4n) is 2.27. The molecular weight excluding hydrogens is 358 g/mol. The molecule has 0 bridgehead atoms. The molecular formula is C17H16ClN5O3. The number of benzene rings is 1. The minimum atomic E-state index is -0.421. The molecule has 0 saturated carbocycles. The SMILES string of the molecule is COc1ccc(Cl)cc1NC(=O)c1cc(Nc2cc(C)on2)nc(C)n1. The van der Waals surface area contributed by atoms with Gasteiger partial charge < -0.3 is 19.9 Å². The second kappa shape index (κ2) is 7.40. The van der Waals surface area contributed by atoms with E-state index in [0.29, 0.717) is 39.7 Å². The fraction of sp³-hybridized carbons (Fsp3) is 0.176. The summed E-state index contributed by atoms with van der Waals surface area (Å²) in [4.78, 5) is 21.0. The van der Waals surface area contributed by atoms with Gasteiger partial charge in [0.2, 0.25) is 0 Å². The lowest BCUT2D eigenvalue weighted by molar-refractivity contribution is 0.102. The van der Waals surface area contributed by atoms with Gasteiger partial charge in [0.1, 0.15) is 28.8 Å². The first-order chi connectivity index (χ1) is 12.4. The molecule has 0 aliphatic carbocycles. The van der Waals surface area contributed by atoms with Crippen molar-refractivity contribution in [1.82, 2.24) is 15.1 Å². The Hall–Kier alpha value is -3.13. The minimum absolute atomic E-state index is 0.183. The quantitative estimate of drug-likeness (QED) is 0.702. The fourth-order valence-corrected chi connectivity index (χ4v) is 2.44. The van der Waals surface area contributed by atoms with Crippen LogP contribution in [0.25, 0.3) is 0 Å². The Bertz CT molecular complexity index is 957. The zero-order valence-corrected chi connectivity index (χ0v) is 15.1. The number of carbonyl (C=O) groups is 1. The molecule has 0 spiro atoms. The number of hydrogen-bond donors (Lipinski definition) is 2. The Balaban J connectivity index is 1.84. The number of hydrogen-bond acceptors (Lipinski definition) is 7. The second-order valence-corrected chi connectivity index (χ2v) is 5.87. The van der Waals surface area contributed by atoms with Crippen molar-refractivity contribution in [3.8, 4) is 5.75 Å². The highest BCUT2D eigenvalue weighted by Gasteiger charge is 2.14. The molecule has 0 fully saturated rings. The van der Waals surface area contributed by atoms with Crippen molar-refractivity contribution in [2.24, 2.45) is 0 Å². The molecule has 0 aliphatic heterocycles. The first kappa shape index (κ1) is 17.7. The molecule has 8 nitrogen and oxygen atoms in total. The third-order valence-corrected chi connectivity index (χ3v) is 3.60. The number of nitrogens with zero attached hydrogens (tertiary/aromatic N) is 3. The van der Waals surface area contributed by atoms with Crippen LogP contribution in [0.15, 0.2) is 34.9 Å². The molecule has 0 radical (unpaired) electrons. The lowest BCUT2D eigenvalue weighted by Crippen LogP contribution is -2.16. The predicted molar refractivity (Wildman–Crippen MR) is 97.2 cm³/mol. The molecule has 1 aromatic carbocycles. The van der Waals surface area contributed by atoms with Gasteiger partial charge in [-0.25, -0.2) is 9.97 Å². The van der Waals surface area contributed by atoms with Crippen LogP contribution in [0.1, 0.15) is 22.1 Å². The summed E-state index contributed by atoms with van der Waals surface area (Å²) in [6, 6.07) is 8.18. The highest BCUT2D eigenvalue weighted by atomic mass is 35.5. The number of halogens is 1. The third kappa shape index (κ3) is 4.09. The van der Waals surface area contributed by atoms with Crippen LogP contribution in [-0.2, 0) is 0 Å². The van der Waals surface area contributed by atoms with E-state index in [2.05, 4.69) is 25.8 Å². The topological polar surface area (TPSA) is 102 Å². The molecule has 0 saturated heterocycles. The predicted octanol–water partition coefficient (Wildman–Crippen LogP) is 3.74. The van der Waals surface area contributed by atoms with E-state index in [4.69, 9.17) is 20.9 Å². The normalized spacial score (nSPS) is 10.5. The molecule has 0 aliphatic rings. The van der Waals surface area contributed by atoms with Gasteiger partial charge in [-0.2, -0.15) is 0 Å². The van der Waals surface area contributed by atoms with Gasteiger partial charge in [0, 0.05) is 17.2 Å². The number of amides is 1. The summed E-state index contributed by atoms with van der Waals surface area (Å²) in [5.41, 5.74) is 0.630. The number of methoxy groups -OCH3 is 1. The Morgan fingerprint density at radius 2 is 1.96 bits per heavy atom. The summed E-state index contributed by atoms with van der Waals surface area (Å²) in [6.45, 7) is 3.47. The largest absolute Gasteiger partial charge is 0.495 e. The minimum Gasteiger partial charge on any atom is -0.495 e. The summed E-state index contributed by atoms with van der Waals surface area (Å²) in [5.74, 6) is 2.07. The van der Waals surface area contributed by atoms with Gasteiger partial charge in [-0.15, -0.1) is 0 Å². The van der Waals surface area contributed by atoms with Crippen molar-refractivity contribution in [3.05, 3.63) is 52.6 Å². The monoisotopic (exact) mass is 373 g/mol. The highest BCUT2D eigenvalue weighted by Crippen LogP contribution is 2.28. The first-order valence-electron chi connectivity index (χ1n) is 7.65. The van der Waals surface area contributed by atoms with Crippen molar-refractivity contribution in [1.29, 1.82) is 0 Å². The molecule has 2 N–H and O–H groups in total. The molecule has 26 heavy (non-hydrogen) atoms. The van der Waals surface area contributed by atoms with E-state index in [1.165, 1.54) is 13.2 Å². The van der Waals surface area contributed by atoms with E-state index in [0.717, 1.165) is 0 Å². The van der Waals surface area contributed by atoms with Crippen molar-refractivity contribution in [2.45, 2.75) is 13.8 Å². The van der Waals surface area contributed by atoms with Gasteiger partial charge in [-0.1, -0.05) is 16.8 Å². The number of ether oxygens (including phenoxy) is 1. The van der Waals surface area contributed by atoms with Crippen LogP contribution in [0.2, 0.25) is 5.02 Å². The average Bonchev–Trinajstić information content (AvgIpc) is 2.99. The lowest BCUT2D eigenvalue weighted by Gasteiger charge is -2.11. The summed E-state index contributed by atoms with van der Waals surface area (Å²) >= 11 is 5.99. The van der Waals surface area contributed by atoms with Crippen molar-refractivity contribution in [3.63, 3.8) is 0 Å². The summed E-state index contributed by atoms with van der Waals surface area (Å²) < 4.78 is 10.2. The van der Waals surface area contributed by atoms with Gasteiger partial charge in [0.05, 0.1) is 12.8 Å². The number of aromatic nitrogens is 3. The van der Waals surface area contributed by atoms with Gasteiger partial charge in [-0.3, -0.25) is 4.79 Å². The van der Waals surface area contributed by atoms with Crippen LogP contribution < -0.4 is 15.4 Å². The number of nitrogens with one attached hydrogen (secondary N) is 2. The van der Waals surface area contributed by atoms with E-state index in [1.54, 1.807) is 38.1 Å². The maximum Gasteiger partial charge on any atom is 0.274 e. The molecule has 3 aromatic rings. The second-order valence-electron chi connectivity index (χ2n) is 5.43. The maximum atomic E-state index is 12.6. The molecule has 0 unspecified atom stereocenters. The Kier molecular flexibility index (Phi) is 5.04. The Labute approximate surface area is 154 Å². The van der Waals surface area contributed by atoms with Gasteiger partial charge >= 0.3 is 0 Å². The highest BCUT2D eigenvalue weighted by molar-refractivity contribution is 6.31. The average molecular weight is 374 g/mol. The van der Waals surface area contributed by atoms with Crippen LogP contribution in [0.5, 0.6) is 5.75 Å². The maximum absolute atomic E-state index is 12.6. The van der Waals surface area contributed by atoms with E-state index >= 15 is 0 Å². The van der Waals surface area contributed by atoms with Crippen LogP contribution in [0.4, 0.5) is 17.3 Å². The van der Waals surface area contributed by atoms with E-state index in [9.17, 15) is 4.79 Å². The standard InChI is InChI=1S/C17H16ClN5O3/c1-9-6-16(23-26-9)22-15-8-13(19-10(2)20-15)17(24)21-12-7-11(18)4-5-14(12)25-3/h4-8H,1-3H3,(H,21,24)(H,19,20,22,23).